The average Bonchev–Trinajstić information content (AvgIpc) is 3.19. The number of esters is 1. The number of nitrogens with zero attached hydrogens (tertiary/aromatic N) is 2. The Balaban J connectivity index is 2.04. The number of methoxy groups -OCH3 is 1. The molecule has 1 aliphatic rings. The van der Waals surface area contributed by atoms with Crippen LogP contribution in [0.25, 0.3) is 0 Å². The summed E-state index contributed by atoms with van der Waals surface area (Å²) in [5, 5.41) is 0.648. The van der Waals surface area contributed by atoms with Gasteiger partial charge in [-0.25, -0.2) is 9.97 Å². The van der Waals surface area contributed by atoms with Crippen molar-refractivity contribution in [1.29, 1.82) is 0 Å². The van der Waals surface area contributed by atoms with Gasteiger partial charge in [-0.15, -0.1) is 0 Å². The number of thioether (sulfide) groups is 1. The van der Waals surface area contributed by atoms with Gasteiger partial charge < -0.3 is 10.5 Å². The van der Waals surface area contributed by atoms with E-state index in [9.17, 15) is 4.79 Å². The van der Waals surface area contributed by atoms with E-state index in [2.05, 4.69) is 9.97 Å². The number of hydrogen-bond acceptors (Lipinski definition) is 6. The van der Waals surface area contributed by atoms with E-state index in [0.717, 1.165) is 18.5 Å². The fourth-order valence-corrected chi connectivity index (χ4v) is 2.88. The number of aryl methyl sites for hydroxylation is 1. The topological polar surface area (TPSA) is 78.1 Å². The van der Waals surface area contributed by atoms with E-state index < -0.39 is 5.54 Å². The lowest BCUT2D eigenvalue weighted by molar-refractivity contribution is -0.146. The van der Waals surface area contributed by atoms with Gasteiger partial charge >= 0.3 is 5.97 Å². The predicted molar refractivity (Wildman–Crippen MR) is 69.2 cm³/mol. The van der Waals surface area contributed by atoms with Crippen LogP contribution >= 0.6 is 11.8 Å². The molecule has 1 saturated carbocycles. The average molecular weight is 267 g/mol. The molecule has 0 radical (unpaired) electrons. The van der Waals surface area contributed by atoms with Crippen LogP contribution < -0.4 is 5.73 Å². The summed E-state index contributed by atoms with van der Waals surface area (Å²) >= 11 is 1.41. The zero-order valence-corrected chi connectivity index (χ0v) is 11.4. The van der Waals surface area contributed by atoms with Crippen molar-refractivity contribution < 1.29 is 9.53 Å². The fourth-order valence-electron chi connectivity index (χ4n) is 1.81. The predicted octanol–water partition coefficient (Wildman–Crippen LogP) is 1.16. The van der Waals surface area contributed by atoms with Crippen molar-refractivity contribution in [2.24, 2.45) is 11.7 Å². The second-order valence-corrected chi connectivity index (χ2v) is 5.52. The first-order valence-corrected chi connectivity index (χ1v) is 6.84. The third-order valence-corrected chi connectivity index (χ3v) is 4.16. The van der Waals surface area contributed by atoms with E-state index in [1.807, 2.05) is 13.0 Å². The fraction of sp³-hybridized carbons (Fsp3) is 0.583. The number of carbonyl (C=O) groups is 1. The van der Waals surface area contributed by atoms with Gasteiger partial charge in [-0.05, 0) is 31.7 Å². The Morgan fingerprint density at radius 2 is 2.39 bits per heavy atom. The van der Waals surface area contributed by atoms with Crippen LogP contribution in [-0.2, 0) is 9.53 Å². The zero-order chi connectivity index (χ0) is 13.2. The van der Waals surface area contributed by atoms with Crippen LogP contribution in [0.3, 0.4) is 0 Å². The number of rotatable bonds is 5. The maximum atomic E-state index is 11.8. The molecular weight excluding hydrogens is 250 g/mol. The summed E-state index contributed by atoms with van der Waals surface area (Å²) in [6, 6.07) is 1.83. The molecule has 0 spiro atoms. The molecular formula is C12H17N3O2S. The number of aromatic nitrogens is 2. The molecule has 1 aromatic heterocycles. The third-order valence-electron chi connectivity index (χ3n) is 3.08. The van der Waals surface area contributed by atoms with Crippen LogP contribution in [0.5, 0.6) is 0 Å². The standard InChI is InChI=1S/C12H17N3O2S/c1-8-5-6-14-11(15-8)18-7-12(13,9-3-4-9)10(16)17-2/h5-6,9H,3-4,7,13H2,1-2H3. The highest BCUT2D eigenvalue weighted by Gasteiger charge is 2.49. The first-order chi connectivity index (χ1) is 8.56. The van der Waals surface area contributed by atoms with Gasteiger partial charge in [0, 0.05) is 17.6 Å². The van der Waals surface area contributed by atoms with E-state index in [4.69, 9.17) is 10.5 Å². The third kappa shape index (κ3) is 2.81. The molecule has 1 heterocycles. The van der Waals surface area contributed by atoms with Crippen LogP contribution in [0.1, 0.15) is 18.5 Å². The van der Waals surface area contributed by atoms with Gasteiger partial charge in [-0.2, -0.15) is 0 Å². The van der Waals surface area contributed by atoms with Gasteiger partial charge in [0.25, 0.3) is 0 Å². The lowest BCUT2D eigenvalue weighted by Gasteiger charge is -2.25. The number of ether oxygens (including phenoxy) is 1. The minimum Gasteiger partial charge on any atom is -0.468 e. The van der Waals surface area contributed by atoms with Gasteiger partial charge in [-0.3, -0.25) is 4.79 Å². The Morgan fingerprint density at radius 3 is 2.94 bits per heavy atom. The van der Waals surface area contributed by atoms with Crippen LogP contribution in [0.15, 0.2) is 17.4 Å². The lowest BCUT2D eigenvalue weighted by Crippen LogP contribution is -2.53. The summed E-state index contributed by atoms with van der Waals surface area (Å²) in [5.41, 5.74) is 6.18. The second kappa shape index (κ2) is 5.24. The van der Waals surface area contributed by atoms with Crippen molar-refractivity contribution >= 4 is 17.7 Å². The summed E-state index contributed by atoms with van der Waals surface area (Å²) in [6.07, 6.45) is 3.68. The minimum absolute atomic E-state index is 0.224. The smallest absolute Gasteiger partial charge is 0.327 e. The molecule has 1 aromatic rings. The largest absolute Gasteiger partial charge is 0.468 e. The Kier molecular flexibility index (Phi) is 3.87. The zero-order valence-electron chi connectivity index (χ0n) is 10.5. The minimum atomic E-state index is -0.910. The molecule has 98 valence electrons. The normalized spacial score (nSPS) is 18.2. The molecule has 1 fully saturated rings. The number of nitrogens with two attached hydrogens (primary N) is 1. The number of hydrogen-bond donors (Lipinski definition) is 1. The molecule has 1 atom stereocenters. The van der Waals surface area contributed by atoms with Crippen LogP contribution in [-0.4, -0.2) is 34.3 Å². The van der Waals surface area contributed by atoms with Gasteiger partial charge in [0.2, 0.25) is 0 Å². The SMILES string of the molecule is COC(=O)C(N)(CSc1nccc(C)n1)C1CC1. The molecule has 0 bridgehead atoms. The Bertz CT molecular complexity index is 451. The van der Waals surface area contributed by atoms with Gasteiger partial charge in [0.05, 0.1) is 7.11 Å². The van der Waals surface area contributed by atoms with Gasteiger partial charge in [0.15, 0.2) is 5.16 Å². The van der Waals surface area contributed by atoms with Crippen LogP contribution in [0, 0.1) is 12.8 Å². The second-order valence-electron chi connectivity index (χ2n) is 4.58. The Hall–Kier alpha value is -1.14. The maximum absolute atomic E-state index is 11.8. The van der Waals surface area contributed by atoms with Gasteiger partial charge in [0.1, 0.15) is 5.54 Å². The van der Waals surface area contributed by atoms with Crippen molar-refractivity contribution in [3.8, 4) is 0 Å². The van der Waals surface area contributed by atoms with Crippen molar-refractivity contribution in [1.82, 2.24) is 9.97 Å². The summed E-state index contributed by atoms with van der Waals surface area (Å²) in [4.78, 5) is 20.2. The van der Waals surface area contributed by atoms with E-state index >= 15 is 0 Å². The van der Waals surface area contributed by atoms with E-state index in [0.29, 0.717) is 10.9 Å². The molecule has 1 unspecified atom stereocenters. The molecule has 0 saturated heterocycles. The Labute approximate surface area is 111 Å². The maximum Gasteiger partial charge on any atom is 0.327 e. The van der Waals surface area contributed by atoms with Crippen LogP contribution in [0.4, 0.5) is 0 Å². The van der Waals surface area contributed by atoms with Crippen molar-refractivity contribution in [3.05, 3.63) is 18.0 Å². The molecule has 2 rings (SSSR count). The van der Waals surface area contributed by atoms with E-state index in [1.54, 1.807) is 6.20 Å². The molecule has 5 nitrogen and oxygen atoms in total. The van der Waals surface area contributed by atoms with E-state index in [1.165, 1.54) is 18.9 Å². The van der Waals surface area contributed by atoms with Crippen molar-refractivity contribution in [2.75, 3.05) is 12.9 Å². The quantitative estimate of drug-likeness (QED) is 0.490. The summed E-state index contributed by atoms with van der Waals surface area (Å²) in [5.74, 6) is 0.334. The summed E-state index contributed by atoms with van der Waals surface area (Å²) in [6.45, 7) is 1.91. The van der Waals surface area contributed by atoms with Gasteiger partial charge in [-0.1, -0.05) is 11.8 Å². The monoisotopic (exact) mass is 267 g/mol. The Morgan fingerprint density at radius 1 is 1.67 bits per heavy atom. The summed E-state index contributed by atoms with van der Waals surface area (Å²) < 4.78 is 4.81. The lowest BCUT2D eigenvalue weighted by atomic mass is 9.97. The van der Waals surface area contributed by atoms with E-state index in [-0.39, 0.29) is 11.9 Å². The number of carbonyl (C=O) groups excluding carboxylic acids is 1. The molecule has 0 aromatic carbocycles. The highest BCUT2D eigenvalue weighted by atomic mass is 32.2. The first-order valence-electron chi connectivity index (χ1n) is 5.86. The molecule has 1 aliphatic carbocycles. The molecule has 2 N–H and O–H groups in total. The van der Waals surface area contributed by atoms with Crippen LogP contribution in [0.2, 0.25) is 0 Å². The molecule has 0 amide bonds. The summed E-state index contributed by atoms with van der Waals surface area (Å²) in [7, 11) is 1.38. The van der Waals surface area contributed by atoms with Crippen molar-refractivity contribution in [3.63, 3.8) is 0 Å². The molecule has 6 heteroatoms. The first kappa shape index (κ1) is 13.3. The highest BCUT2D eigenvalue weighted by molar-refractivity contribution is 7.99. The molecule has 0 aliphatic heterocycles. The van der Waals surface area contributed by atoms with Crippen molar-refractivity contribution in [2.45, 2.75) is 30.5 Å². The highest BCUT2D eigenvalue weighted by Crippen LogP contribution is 2.41. The molecule has 18 heavy (non-hydrogen) atoms.